The monoisotopic (exact) mass is 239 g/mol. The molecular weight excluding hydrogens is 230 g/mol. The molecule has 2 aromatic rings. The number of nitrogens with zero attached hydrogens (tertiary/aromatic N) is 1. The van der Waals surface area contributed by atoms with E-state index in [0.29, 0.717) is 0 Å². The van der Waals surface area contributed by atoms with Gasteiger partial charge in [-0.15, -0.1) is 11.3 Å². The highest BCUT2D eigenvalue weighted by Gasteiger charge is 2.15. The summed E-state index contributed by atoms with van der Waals surface area (Å²) >= 11 is 2.88. The summed E-state index contributed by atoms with van der Waals surface area (Å²) < 4.78 is 1.07. The number of rotatable bonds is 3. The van der Waals surface area contributed by atoms with Crippen LogP contribution in [0.3, 0.4) is 0 Å². The predicted molar refractivity (Wildman–Crippen MR) is 62.6 cm³/mol. The second-order valence-electron chi connectivity index (χ2n) is 3.05. The summed E-state index contributed by atoms with van der Waals surface area (Å²) in [6, 6.07) is 3.94. The van der Waals surface area contributed by atoms with Gasteiger partial charge in [-0.3, -0.25) is 4.79 Å². The Morgan fingerprint density at radius 3 is 3.13 bits per heavy atom. The highest BCUT2D eigenvalue weighted by molar-refractivity contribution is 8.00. The fourth-order valence-corrected chi connectivity index (χ4v) is 3.02. The molecule has 2 aromatic heterocycles. The predicted octanol–water partition coefficient (Wildman–Crippen LogP) is 2.86. The summed E-state index contributed by atoms with van der Waals surface area (Å²) in [6.45, 7) is 1.67. The van der Waals surface area contributed by atoms with E-state index < -0.39 is 11.2 Å². The molecule has 0 saturated heterocycles. The lowest BCUT2D eigenvalue weighted by Gasteiger charge is -2.05. The molecule has 3 nitrogen and oxygen atoms in total. The third kappa shape index (κ3) is 2.13. The lowest BCUT2D eigenvalue weighted by atomic mass is 10.3. The highest BCUT2D eigenvalue weighted by atomic mass is 32.2. The normalized spacial score (nSPS) is 12.9. The van der Waals surface area contributed by atoms with Gasteiger partial charge in [-0.05, 0) is 29.8 Å². The summed E-state index contributed by atoms with van der Waals surface area (Å²) in [5.41, 5.74) is 0. The number of thioether (sulfide) groups is 1. The van der Waals surface area contributed by atoms with Gasteiger partial charge in [0.05, 0.1) is 4.70 Å². The molecule has 0 radical (unpaired) electrons. The van der Waals surface area contributed by atoms with Crippen molar-refractivity contribution in [3.8, 4) is 0 Å². The number of hydrogen-bond acceptors (Lipinski definition) is 4. The van der Waals surface area contributed by atoms with E-state index in [1.165, 1.54) is 11.8 Å². The van der Waals surface area contributed by atoms with Crippen LogP contribution in [0.5, 0.6) is 0 Å². The van der Waals surface area contributed by atoms with Crippen molar-refractivity contribution in [1.29, 1.82) is 0 Å². The molecule has 0 saturated carbocycles. The molecule has 0 fully saturated rings. The van der Waals surface area contributed by atoms with Gasteiger partial charge in [-0.2, -0.15) is 0 Å². The number of hydrogen-bond donors (Lipinski definition) is 1. The van der Waals surface area contributed by atoms with Crippen LogP contribution in [0.15, 0.2) is 28.7 Å². The van der Waals surface area contributed by atoms with Gasteiger partial charge < -0.3 is 5.11 Å². The minimum absolute atomic E-state index is 0.467. The van der Waals surface area contributed by atoms with Crippen molar-refractivity contribution < 1.29 is 9.90 Å². The summed E-state index contributed by atoms with van der Waals surface area (Å²) in [5.74, 6) is -0.810. The quantitative estimate of drug-likeness (QED) is 0.837. The van der Waals surface area contributed by atoms with Gasteiger partial charge in [0.25, 0.3) is 0 Å². The first-order valence-corrected chi connectivity index (χ1v) is 6.16. The van der Waals surface area contributed by atoms with Gasteiger partial charge in [0.15, 0.2) is 0 Å². The molecule has 0 amide bonds. The molecule has 1 atom stereocenters. The average molecular weight is 239 g/mol. The van der Waals surface area contributed by atoms with Gasteiger partial charge in [-0.1, -0.05) is 11.8 Å². The van der Waals surface area contributed by atoms with Crippen LogP contribution in [-0.4, -0.2) is 21.3 Å². The van der Waals surface area contributed by atoms with Gasteiger partial charge in [-0.25, -0.2) is 4.98 Å². The molecule has 0 spiro atoms. The second-order valence-corrected chi connectivity index (χ2v) is 5.30. The van der Waals surface area contributed by atoms with E-state index in [0.717, 1.165) is 15.1 Å². The third-order valence-electron chi connectivity index (χ3n) is 1.97. The smallest absolute Gasteiger partial charge is 0.316 e. The molecule has 0 aliphatic rings. The van der Waals surface area contributed by atoms with Crippen molar-refractivity contribution in [1.82, 2.24) is 4.98 Å². The standard InChI is InChI=1S/C10H9NO2S2/c1-6(10(12)13)15-9-8-7(2-4-11-9)3-5-14-8/h2-6H,1H3,(H,12,13). The van der Waals surface area contributed by atoms with Crippen molar-refractivity contribution in [2.75, 3.05) is 0 Å². The molecule has 0 aliphatic heterocycles. The van der Waals surface area contributed by atoms with Crippen molar-refractivity contribution in [3.63, 3.8) is 0 Å². The maximum absolute atomic E-state index is 10.7. The van der Waals surface area contributed by atoms with Gasteiger partial charge in [0.2, 0.25) is 0 Å². The highest BCUT2D eigenvalue weighted by Crippen LogP contribution is 2.32. The van der Waals surface area contributed by atoms with Crippen molar-refractivity contribution in [2.45, 2.75) is 17.2 Å². The molecule has 0 aliphatic carbocycles. The molecule has 2 rings (SSSR count). The first-order chi connectivity index (χ1) is 7.18. The zero-order valence-electron chi connectivity index (χ0n) is 8.01. The molecule has 0 aromatic carbocycles. The Hall–Kier alpha value is -1.07. The maximum atomic E-state index is 10.7. The number of carboxylic acids is 1. The Balaban J connectivity index is 2.35. The second kappa shape index (κ2) is 4.20. The molecule has 2 heterocycles. The molecule has 1 unspecified atom stereocenters. The molecule has 5 heteroatoms. The fourth-order valence-electron chi connectivity index (χ4n) is 1.17. The van der Waals surface area contributed by atoms with E-state index in [-0.39, 0.29) is 0 Å². The van der Waals surface area contributed by atoms with Crippen molar-refractivity contribution in [3.05, 3.63) is 23.7 Å². The number of carboxylic acid groups (broad SMARTS) is 1. The Morgan fingerprint density at radius 2 is 2.40 bits per heavy atom. The first kappa shape index (κ1) is 10.4. The minimum Gasteiger partial charge on any atom is -0.480 e. The molecule has 78 valence electrons. The minimum atomic E-state index is -0.810. The van der Waals surface area contributed by atoms with Crippen LogP contribution in [0.1, 0.15) is 6.92 Å². The van der Waals surface area contributed by atoms with E-state index in [1.54, 1.807) is 24.5 Å². The third-order valence-corrected chi connectivity index (χ3v) is 4.13. The molecule has 15 heavy (non-hydrogen) atoms. The lowest BCUT2D eigenvalue weighted by molar-refractivity contribution is -0.136. The van der Waals surface area contributed by atoms with E-state index in [4.69, 9.17) is 5.11 Å². The van der Waals surface area contributed by atoms with E-state index in [2.05, 4.69) is 4.98 Å². The Morgan fingerprint density at radius 1 is 1.60 bits per heavy atom. The van der Waals surface area contributed by atoms with Crippen molar-refractivity contribution >= 4 is 39.2 Å². The van der Waals surface area contributed by atoms with Crippen LogP contribution in [0.4, 0.5) is 0 Å². The van der Waals surface area contributed by atoms with Crippen LogP contribution in [0.2, 0.25) is 0 Å². The number of fused-ring (bicyclic) bond motifs is 1. The number of thiophene rings is 1. The Labute approximate surface area is 95.1 Å². The van der Waals surface area contributed by atoms with Crippen LogP contribution >= 0.6 is 23.1 Å². The van der Waals surface area contributed by atoms with Crippen LogP contribution < -0.4 is 0 Å². The van der Waals surface area contributed by atoms with Gasteiger partial charge >= 0.3 is 5.97 Å². The van der Waals surface area contributed by atoms with E-state index in [1.807, 2.05) is 17.5 Å². The van der Waals surface area contributed by atoms with Crippen LogP contribution in [-0.2, 0) is 4.79 Å². The zero-order valence-corrected chi connectivity index (χ0v) is 9.64. The maximum Gasteiger partial charge on any atom is 0.316 e. The largest absolute Gasteiger partial charge is 0.480 e. The zero-order chi connectivity index (χ0) is 10.8. The van der Waals surface area contributed by atoms with Gasteiger partial charge in [0, 0.05) is 6.20 Å². The van der Waals surface area contributed by atoms with Crippen LogP contribution in [0, 0.1) is 0 Å². The van der Waals surface area contributed by atoms with E-state index in [9.17, 15) is 4.79 Å². The summed E-state index contributed by atoms with van der Waals surface area (Å²) in [5, 5.41) is 12.3. The number of aromatic nitrogens is 1. The molecular formula is C10H9NO2S2. The lowest BCUT2D eigenvalue weighted by Crippen LogP contribution is -2.11. The SMILES string of the molecule is CC(Sc1nccc2ccsc12)C(=O)O. The fraction of sp³-hybridized carbons (Fsp3) is 0.200. The molecule has 0 bridgehead atoms. The Bertz CT molecular complexity index is 495. The topological polar surface area (TPSA) is 50.2 Å². The van der Waals surface area contributed by atoms with Crippen molar-refractivity contribution in [2.24, 2.45) is 0 Å². The summed E-state index contributed by atoms with van der Waals surface area (Å²) in [6.07, 6.45) is 1.71. The van der Waals surface area contributed by atoms with Crippen LogP contribution in [0.25, 0.3) is 10.1 Å². The molecule has 1 N–H and O–H groups in total. The number of pyridine rings is 1. The summed E-state index contributed by atoms with van der Waals surface area (Å²) in [4.78, 5) is 14.9. The number of carbonyl (C=O) groups is 1. The van der Waals surface area contributed by atoms with Gasteiger partial charge in [0.1, 0.15) is 10.3 Å². The average Bonchev–Trinajstić information content (AvgIpc) is 2.66. The van der Waals surface area contributed by atoms with E-state index >= 15 is 0 Å². The Kier molecular flexibility index (Phi) is 2.93. The number of aliphatic carboxylic acids is 1. The summed E-state index contributed by atoms with van der Waals surface area (Å²) in [7, 11) is 0. The first-order valence-electron chi connectivity index (χ1n) is 4.40.